The lowest BCUT2D eigenvalue weighted by molar-refractivity contribution is 0.557. The number of sulfonamides is 1. The standard InChI is InChI=1S/C14H17N3O2S/c18-20(19,13-8-14-6-2-1-3-7-14)16-10-5-12-17-11-4-9-15-17/h1-4,6-9,11,13,16H,5,10,12H2. The summed E-state index contributed by atoms with van der Waals surface area (Å²) in [5, 5.41) is 5.24. The molecule has 1 aromatic carbocycles. The van der Waals surface area contributed by atoms with E-state index in [1.54, 1.807) is 17.0 Å². The molecule has 0 fully saturated rings. The van der Waals surface area contributed by atoms with Gasteiger partial charge in [0.05, 0.1) is 0 Å². The van der Waals surface area contributed by atoms with Gasteiger partial charge in [-0.05, 0) is 24.1 Å². The molecular formula is C14H17N3O2S. The molecule has 0 amide bonds. The zero-order valence-electron chi connectivity index (χ0n) is 11.0. The Morgan fingerprint density at radius 1 is 1.20 bits per heavy atom. The van der Waals surface area contributed by atoms with E-state index in [-0.39, 0.29) is 0 Å². The minimum atomic E-state index is -3.38. The zero-order chi connectivity index (χ0) is 14.3. The fraction of sp³-hybridized carbons (Fsp3) is 0.214. The largest absolute Gasteiger partial charge is 0.273 e. The monoisotopic (exact) mass is 291 g/mol. The Bertz CT molecular complexity index is 634. The van der Waals surface area contributed by atoms with Gasteiger partial charge < -0.3 is 0 Å². The van der Waals surface area contributed by atoms with Crippen molar-refractivity contribution >= 4 is 16.1 Å². The average Bonchev–Trinajstić information content (AvgIpc) is 2.96. The third-order valence-electron chi connectivity index (χ3n) is 2.67. The molecule has 2 aromatic rings. The molecule has 0 saturated heterocycles. The molecule has 0 aliphatic carbocycles. The Labute approximate surface area is 119 Å². The summed E-state index contributed by atoms with van der Waals surface area (Å²) < 4.78 is 27.8. The molecule has 0 saturated carbocycles. The van der Waals surface area contributed by atoms with E-state index in [2.05, 4.69) is 9.82 Å². The van der Waals surface area contributed by atoms with Crippen LogP contribution in [0.15, 0.2) is 54.2 Å². The van der Waals surface area contributed by atoms with Crippen LogP contribution < -0.4 is 4.72 Å². The van der Waals surface area contributed by atoms with E-state index >= 15 is 0 Å². The van der Waals surface area contributed by atoms with Crippen LogP contribution in [-0.4, -0.2) is 24.7 Å². The highest BCUT2D eigenvalue weighted by molar-refractivity contribution is 7.92. The maximum Gasteiger partial charge on any atom is 0.233 e. The first kappa shape index (κ1) is 14.5. The quantitative estimate of drug-likeness (QED) is 0.792. The van der Waals surface area contributed by atoms with Gasteiger partial charge in [0, 0.05) is 30.9 Å². The molecule has 106 valence electrons. The summed E-state index contributed by atoms with van der Waals surface area (Å²) in [5.74, 6) is 0. The first-order valence-electron chi connectivity index (χ1n) is 6.36. The average molecular weight is 291 g/mol. The van der Waals surface area contributed by atoms with Crippen LogP contribution in [0.2, 0.25) is 0 Å². The van der Waals surface area contributed by atoms with Crippen LogP contribution in [0.3, 0.4) is 0 Å². The first-order valence-corrected chi connectivity index (χ1v) is 7.91. The van der Waals surface area contributed by atoms with E-state index < -0.39 is 10.0 Å². The first-order chi connectivity index (χ1) is 9.66. The zero-order valence-corrected chi connectivity index (χ0v) is 11.8. The third-order valence-corrected chi connectivity index (χ3v) is 3.77. The van der Waals surface area contributed by atoms with Crippen molar-refractivity contribution in [2.45, 2.75) is 13.0 Å². The molecule has 0 radical (unpaired) electrons. The van der Waals surface area contributed by atoms with E-state index in [9.17, 15) is 8.42 Å². The lowest BCUT2D eigenvalue weighted by Gasteiger charge is -2.03. The van der Waals surface area contributed by atoms with Gasteiger partial charge in [-0.25, -0.2) is 13.1 Å². The van der Waals surface area contributed by atoms with Crippen molar-refractivity contribution in [3.63, 3.8) is 0 Å². The number of hydrogen-bond donors (Lipinski definition) is 1. The normalized spacial score (nSPS) is 12.0. The Kier molecular flexibility index (Phi) is 5.09. The lowest BCUT2D eigenvalue weighted by Crippen LogP contribution is -2.23. The van der Waals surface area contributed by atoms with E-state index in [4.69, 9.17) is 0 Å². The smallest absolute Gasteiger partial charge is 0.233 e. The molecule has 1 N–H and O–H groups in total. The van der Waals surface area contributed by atoms with Crippen molar-refractivity contribution in [1.82, 2.24) is 14.5 Å². The van der Waals surface area contributed by atoms with Gasteiger partial charge in [-0.15, -0.1) is 0 Å². The van der Waals surface area contributed by atoms with Crippen LogP contribution >= 0.6 is 0 Å². The molecule has 0 unspecified atom stereocenters. The predicted molar refractivity (Wildman–Crippen MR) is 79.2 cm³/mol. The topological polar surface area (TPSA) is 64.0 Å². The third kappa shape index (κ3) is 4.99. The predicted octanol–water partition coefficient (Wildman–Crippen LogP) is 1.86. The number of nitrogens with one attached hydrogen (secondary N) is 1. The van der Waals surface area contributed by atoms with Crippen molar-refractivity contribution in [3.8, 4) is 0 Å². The van der Waals surface area contributed by atoms with Crippen LogP contribution in [0, 0.1) is 0 Å². The molecule has 2 rings (SSSR count). The molecule has 0 spiro atoms. The number of hydrogen-bond acceptors (Lipinski definition) is 3. The van der Waals surface area contributed by atoms with Gasteiger partial charge in [0.25, 0.3) is 0 Å². The van der Waals surface area contributed by atoms with Crippen LogP contribution in [-0.2, 0) is 16.6 Å². The number of rotatable bonds is 7. The van der Waals surface area contributed by atoms with E-state index in [0.717, 1.165) is 5.56 Å². The molecule has 0 aliphatic heterocycles. The molecule has 0 bridgehead atoms. The molecule has 20 heavy (non-hydrogen) atoms. The summed E-state index contributed by atoms with van der Waals surface area (Å²) in [7, 11) is -3.38. The summed E-state index contributed by atoms with van der Waals surface area (Å²) in [6.45, 7) is 1.08. The summed E-state index contributed by atoms with van der Waals surface area (Å²) in [5.41, 5.74) is 0.856. The maximum absolute atomic E-state index is 11.7. The summed E-state index contributed by atoms with van der Waals surface area (Å²) in [6, 6.07) is 11.2. The minimum Gasteiger partial charge on any atom is -0.273 e. The van der Waals surface area contributed by atoms with Gasteiger partial charge in [-0.3, -0.25) is 4.68 Å². The summed E-state index contributed by atoms with van der Waals surface area (Å²) >= 11 is 0. The Balaban J connectivity index is 1.78. The van der Waals surface area contributed by atoms with Crippen molar-refractivity contribution in [3.05, 3.63) is 59.8 Å². The van der Waals surface area contributed by atoms with Gasteiger partial charge in [0.2, 0.25) is 10.0 Å². The molecule has 0 atom stereocenters. The van der Waals surface area contributed by atoms with Crippen LogP contribution in [0.1, 0.15) is 12.0 Å². The van der Waals surface area contributed by atoms with Crippen LogP contribution in [0.25, 0.3) is 6.08 Å². The van der Waals surface area contributed by atoms with Crippen LogP contribution in [0.4, 0.5) is 0 Å². The second-order valence-corrected chi connectivity index (χ2v) is 5.93. The van der Waals surface area contributed by atoms with Crippen molar-refractivity contribution in [1.29, 1.82) is 0 Å². The van der Waals surface area contributed by atoms with Gasteiger partial charge in [0.1, 0.15) is 0 Å². The molecule has 5 nitrogen and oxygen atoms in total. The number of aryl methyl sites for hydroxylation is 1. The van der Waals surface area contributed by atoms with E-state index in [1.807, 2.05) is 42.6 Å². The van der Waals surface area contributed by atoms with Crippen molar-refractivity contribution in [2.24, 2.45) is 0 Å². The van der Waals surface area contributed by atoms with Crippen molar-refractivity contribution < 1.29 is 8.42 Å². The van der Waals surface area contributed by atoms with Crippen molar-refractivity contribution in [2.75, 3.05) is 6.54 Å². The minimum absolute atomic E-state index is 0.390. The second kappa shape index (κ2) is 7.02. The lowest BCUT2D eigenvalue weighted by atomic mass is 10.2. The van der Waals surface area contributed by atoms with E-state index in [0.29, 0.717) is 19.5 Å². The highest BCUT2D eigenvalue weighted by Gasteiger charge is 2.03. The molecule has 1 heterocycles. The Hall–Kier alpha value is -1.92. The molecular weight excluding hydrogens is 274 g/mol. The highest BCUT2D eigenvalue weighted by atomic mass is 32.2. The molecule has 1 aromatic heterocycles. The Morgan fingerprint density at radius 3 is 2.70 bits per heavy atom. The summed E-state index contributed by atoms with van der Waals surface area (Å²) in [4.78, 5) is 0. The molecule has 6 heteroatoms. The number of nitrogens with zero attached hydrogens (tertiary/aromatic N) is 2. The second-order valence-electron chi connectivity index (χ2n) is 4.28. The number of aromatic nitrogens is 2. The SMILES string of the molecule is O=S(=O)(C=Cc1ccccc1)NCCCn1cccn1. The highest BCUT2D eigenvalue weighted by Crippen LogP contribution is 2.02. The fourth-order valence-corrected chi connectivity index (χ4v) is 2.53. The van der Waals surface area contributed by atoms with Gasteiger partial charge in [0.15, 0.2) is 0 Å². The Morgan fingerprint density at radius 2 is 2.00 bits per heavy atom. The maximum atomic E-state index is 11.7. The summed E-state index contributed by atoms with van der Waals surface area (Å²) in [6.07, 6.45) is 5.83. The van der Waals surface area contributed by atoms with Gasteiger partial charge in [-0.2, -0.15) is 5.10 Å². The fourth-order valence-electron chi connectivity index (χ4n) is 1.67. The van der Waals surface area contributed by atoms with Gasteiger partial charge in [-0.1, -0.05) is 30.3 Å². The van der Waals surface area contributed by atoms with Crippen LogP contribution in [0.5, 0.6) is 0 Å². The number of benzene rings is 1. The molecule has 0 aliphatic rings. The van der Waals surface area contributed by atoms with Gasteiger partial charge >= 0.3 is 0 Å². The van der Waals surface area contributed by atoms with E-state index in [1.165, 1.54) is 5.41 Å².